The monoisotopic (exact) mass is 467 g/mol. The second-order valence-corrected chi connectivity index (χ2v) is 9.66. The van der Waals surface area contributed by atoms with Crippen LogP contribution in [-0.2, 0) is 23.2 Å². The van der Waals surface area contributed by atoms with E-state index in [0.717, 1.165) is 36.0 Å². The summed E-state index contributed by atoms with van der Waals surface area (Å²) in [6.07, 6.45) is 2.63. The number of rotatable bonds is 7. The molecule has 2 heteroatoms. The van der Waals surface area contributed by atoms with Crippen molar-refractivity contribution < 1.29 is 4.79 Å². The zero-order chi connectivity index (χ0) is 24.4. The van der Waals surface area contributed by atoms with E-state index < -0.39 is 5.41 Å². The zero-order valence-electron chi connectivity index (χ0n) is 20.3. The van der Waals surface area contributed by atoms with E-state index in [0.29, 0.717) is 6.54 Å². The molecule has 0 bridgehead atoms. The van der Waals surface area contributed by atoms with Crippen molar-refractivity contribution >= 4 is 16.7 Å². The summed E-state index contributed by atoms with van der Waals surface area (Å²) in [5.41, 5.74) is 6.33. The third-order valence-corrected chi connectivity index (χ3v) is 7.63. The maximum Gasteiger partial charge on any atom is 0.235 e. The van der Waals surface area contributed by atoms with Gasteiger partial charge in [0.05, 0.1) is 0 Å². The average Bonchev–Trinajstić information content (AvgIpc) is 3.23. The van der Waals surface area contributed by atoms with Gasteiger partial charge in [-0.15, -0.1) is 0 Å². The van der Waals surface area contributed by atoms with Crippen molar-refractivity contribution in [2.75, 3.05) is 0 Å². The van der Waals surface area contributed by atoms with Crippen LogP contribution in [0.2, 0.25) is 0 Å². The SMILES string of the molecule is O=C(NCc1cccc2ccccc12)C1(CCCc2ccccc2)c2ccccc2-c2ccccc21. The number of fused-ring (bicyclic) bond motifs is 4. The molecule has 1 N–H and O–H groups in total. The number of carbonyl (C=O) groups is 1. The Morgan fingerprint density at radius 1 is 0.639 bits per heavy atom. The van der Waals surface area contributed by atoms with Crippen molar-refractivity contribution in [3.05, 3.63) is 144 Å². The third kappa shape index (κ3) is 3.79. The highest BCUT2D eigenvalue weighted by Gasteiger charge is 2.48. The molecule has 0 radical (unpaired) electrons. The van der Waals surface area contributed by atoms with Gasteiger partial charge in [0, 0.05) is 6.54 Å². The van der Waals surface area contributed by atoms with Crippen molar-refractivity contribution in [3.63, 3.8) is 0 Å². The van der Waals surface area contributed by atoms with Gasteiger partial charge >= 0.3 is 0 Å². The highest BCUT2D eigenvalue weighted by Crippen LogP contribution is 2.51. The van der Waals surface area contributed by atoms with Crippen LogP contribution in [0.25, 0.3) is 21.9 Å². The maximum atomic E-state index is 14.3. The van der Waals surface area contributed by atoms with Gasteiger partial charge < -0.3 is 5.32 Å². The van der Waals surface area contributed by atoms with E-state index in [1.165, 1.54) is 27.5 Å². The number of nitrogens with one attached hydrogen (secondary N) is 1. The van der Waals surface area contributed by atoms with Gasteiger partial charge in [0.15, 0.2) is 0 Å². The van der Waals surface area contributed by atoms with Gasteiger partial charge in [0.25, 0.3) is 0 Å². The topological polar surface area (TPSA) is 29.1 Å². The molecule has 1 amide bonds. The molecule has 0 saturated carbocycles. The number of aryl methyl sites for hydroxylation is 1. The Kier molecular flexibility index (Phi) is 5.87. The molecule has 0 saturated heterocycles. The lowest BCUT2D eigenvalue weighted by Crippen LogP contribution is -2.44. The second kappa shape index (κ2) is 9.47. The van der Waals surface area contributed by atoms with Crippen LogP contribution in [0.1, 0.15) is 35.1 Å². The Morgan fingerprint density at radius 2 is 1.25 bits per heavy atom. The Bertz CT molecular complexity index is 1480. The van der Waals surface area contributed by atoms with E-state index in [1.54, 1.807) is 0 Å². The van der Waals surface area contributed by atoms with Gasteiger partial charge in [0.1, 0.15) is 5.41 Å². The first kappa shape index (κ1) is 22.3. The van der Waals surface area contributed by atoms with Crippen LogP contribution < -0.4 is 5.32 Å². The molecule has 0 aromatic heterocycles. The molecule has 1 aliphatic carbocycles. The van der Waals surface area contributed by atoms with E-state index >= 15 is 0 Å². The summed E-state index contributed by atoms with van der Waals surface area (Å²) in [6.45, 7) is 0.505. The van der Waals surface area contributed by atoms with Crippen molar-refractivity contribution in [3.8, 4) is 11.1 Å². The number of benzene rings is 5. The standard InChI is InChI=1S/C34H29NO/c36-33(35-24-27-17-10-16-26-15-4-5-18-28(26)27)34(23-11-14-25-12-2-1-3-13-25)31-21-8-6-19-29(31)30-20-7-9-22-32(30)34/h1-10,12-13,15-22H,11,14,23-24H2,(H,35,36). The van der Waals surface area contributed by atoms with Gasteiger partial charge in [-0.1, -0.05) is 121 Å². The van der Waals surface area contributed by atoms with Crippen LogP contribution in [0.3, 0.4) is 0 Å². The molecular weight excluding hydrogens is 438 g/mol. The van der Waals surface area contributed by atoms with Gasteiger partial charge in [0.2, 0.25) is 5.91 Å². The van der Waals surface area contributed by atoms with Gasteiger partial charge in [-0.25, -0.2) is 0 Å². The smallest absolute Gasteiger partial charge is 0.235 e. The summed E-state index contributed by atoms with van der Waals surface area (Å²) in [6, 6.07) is 42.1. The largest absolute Gasteiger partial charge is 0.351 e. The Morgan fingerprint density at radius 3 is 2.00 bits per heavy atom. The molecule has 36 heavy (non-hydrogen) atoms. The predicted octanol–water partition coefficient (Wildman–Crippen LogP) is 7.45. The van der Waals surface area contributed by atoms with Crippen LogP contribution in [0.15, 0.2) is 121 Å². The molecule has 5 aromatic rings. The highest BCUT2D eigenvalue weighted by atomic mass is 16.2. The van der Waals surface area contributed by atoms with Crippen LogP contribution in [0, 0.1) is 0 Å². The van der Waals surface area contributed by atoms with Gasteiger partial charge in [-0.05, 0) is 63.4 Å². The van der Waals surface area contributed by atoms with Gasteiger partial charge in [-0.2, -0.15) is 0 Å². The molecule has 5 aromatic carbocycles. The van der Waals surface area contributed by atoms with Crippen LogP contribution in [0.4, 0.5) is 0 Å². The first-order valence-corrected chi connectivity index (χ1v) is 12.8. The summed E-state index contributed by atoms with van der Waals surface area (Å²) >= 11 is 0. The lowest BCUT2D eigenvalue weighted by atomic mass is 9.73. The van der Waals surface area contributed by atoms with Crippen molar-refractivity contribution in [2.24, 2.45) is 0 Å². The summed E-state index contributed by atoms with van der Waals surface area (Å²) < 4.78 is 0. The molecule has 6 rings (SSSR count). The van der Waals surface area contributed by atoms with E-state index in [9.17, 15) is 4.79 Å². The second-order valence-electron chi connectivity index (χ2n) is 9.66. The molecule has 0 atom stereocenters. The van der Waals surface area contributed by atoms with Crippen molar-refractivity contribution in [1.29, 1.82) is 0 Å². The van der Waals surface area contributed by atoms with Gasteiger partial charge in [-0.3, -0.25) is 4.79 Å². The van der Waals surface area contributed by atoms with Crippen LogP contribution in [0.5, 0.6) is 0 Å². The Hall–Kier alpha value is -4.17. The summed E-state index contributed by atoms with van der Waals surface area (Å²) in [5.74, 6) is 0.0842. The van der Waals surface area contributed by atoms with Crippen LogP contribution in [-0.4, -0.2) is 5.91 Å². The van der Waals surface area contributed by atoms with E-state index in [-0.39, 0.29) is 5.91 Å². The normalized spacial score (nSPS) is 13.2. The predicted molar refractivity (Wildman–Crippen MR) is 148 cm³/mol. The Labute approximate surface area is 212 Å². The number of hydrogen-bond acceptors (Lipinski definition) is 1. The molecule has 2 nitrogen and oxygen atoms in total. The van der Waals surface area contributed by atoms with E-state index in [4.69, 9.17) is 0 Å². The number of hydrogen-bond donors (Lipinski definition) is 1. The summed E-state index contributed by atoms with van der Waals surface area (Å²) in [7, 11) is 0. The van der Waals surface area contributed by atoms with Crippen molar-refractivity contribution in [1.82, 2.24) is 5.32 Å². The van der Waals surface area contributed by atoms with E-state index in [2.05, 4.69) is 127 Å². The molecule has 0 aliphatic heterocycles. The number of carbonyl (C=O) groups excluding carboxylic acids is 1. The molecule has 0 unspecified atom stereocenters. The number of amides is 1. The lowest BCUT2D eigenvalue weighted by molar-refractivity contribution is -0.125. The molecule has 0 fully saturated rings. The lowest BCUT2D eigenvalue weighted by Gasteiger charge is -2.31. The quantitative estimate of drug-likeness (QED) is 0.265. The first-order valence-electron chi connectivity index (χ1n) is 12.8. The fourth-order valence-corrected chi connectivity index (χ4v) is 5.93. The zero-order valence-corrected chi connectivity index (χ0v) is 20.3. The molecule has 1 aliphatic rings. The van der Waals surface area contributed by atoms with Crippen LogP contribution >= 0.6 is 0 Å². The minimum Gasteiger partial charge on any atom is -0.351 e. The average molecular weight is 468 g/mol. The Balaban J connectivity index is 1.37. The maximum absolute atomic E-state index is 14.3. The fourth-order valence-electron chi connectivity index (χ4n) is 5.93. The summed E-state index contributed by atoms with van der Waals surface area (Å²) in [5, 5.41) is 5.74. The minimum absolute atomic E-state index is 0.0842. The minimum atomic E-state index is -0.702. The molecule has 176 valence electrons. The molecule has 0 heterocycles. The fraction of sp³-hybridized carbons (Fsp3) is 0.147. The van der Waals surface area contributed by atoms with E-state index in [1.807, 2.05) is 0 Å². The highest BCUT2D eigenvalue weighted by molar-refractivity contribution is 6.00. The third-order valence-electron chi connectivity index (χ3n) is 7.63. The summed E-state index contributed by atoms with van der Waals surface area (Å²) in [4.78, 5) is 14.3. The molecule has 0 spiro atoms. The molecular formula is C34H29NO. The van der Waals surface area contributed by atoms with Crippen molar-refractivity contribution in [2.45, 2.75) is 31.2 Å². The first-order chi connectivity index (χ1) is 17.8.